The molecule has 4 atom stereocenters. The van der Waals surface area contributed by atoms with E-state index in [0.29, 0.717) is 11.4 Å². The molecule has 158 valence electrons. The van der Waals surface area contributed by atoms with Gasteiger partial charge in [-0.15, -0.1) is 0 Å². The van der Waals surface area contributed by atoms with Gasteiger partial charge in [-0.1, -0.05) is 17.3 Å². The first kappa shape index (κ1) is 19.2. The summed E-state index contributed by atoms with van der Waals surface area (Å²) in [5.74, 6) is -1.12. The lowest BCUT2D eigenvalue weighted by molar-refractivity contribution is -0.123. The molecular weight excluding hydrogens is 402 g/mol. The number of benzene rings is 1. The maximum atomic E-state index is 12.9. The third-order valence-corrected chi connectivity index (χ3v) is 6.06. The number of allylic oxidation sites excluding steroid dienone is 2. The summed E-state index contributed by atoms with van der Waals surface area (Å²) in [6, 6.07) is 7.56. The van der Waals surface area contributed by atoms with Crippen LogP contribution in [-0.4, -0.2) is 35.5 Å². The summed E-state index contributed by atoms with van der Waals surface area (Å²) < 4.78 is 9.85. The van der Waals surface area contributed by atoms with Crippen LogP contribution in [0.4, 0.5) is 11.5 Å². The average molecular weight is 421 g/mol. The average Bonchev–Trinajstić information content (AvgIpc) is 3.52. The third-order valence-electron chi connectivity index (χ3n) is 6.06. The molecule has 5 rings (SSSR count). The highest BCUT2D eigenvalue weighted by Gasteiger charge is 2.59. The van der Waals surface area contributed by atoms with Crippen LogP contribution in [0.15, 0.2) is 47.0 Å². The number of hydrogen-bond donors (Lipinski definition) is 1. The molecule has 2 aliphatic carbocycles. The Bertz CT molecular complexity index is 1090. The van der Waals surface area contributed by atoms with Crippen molar-refractivity contribution in [1.29, 1.82) is 0 Å². The quantitative estimate of drug-likeness (QED) is 0.446. The molecule has 1 aromatic heterocycles. The maximum Gasteiger partial charge on any atom is 0.338 e. The molecule has 31 heavy (non-hydrogen) atoms. The molecule has 1 aromatic carbocycles. The van der Waals surface area contributed by atoms with Crippen molar-refractivity contribution in [2.24, 2.45) is 23.7 Å². The Kier molecular flexibility index (Phi) is 4.46. The summed E-state index contributed by atoms with van der Waals surface area (Å²) >= 11 is 0. The van der Waals surface area contributed by atoms with Gasteiger partial charge in [-0.2, -0.15) is 0 Å². The summed E-state index contributed by atoms with van der Waals surface area (Å²) in [6.07, 6.45) is 4.95. The molecule has 0 spiro atoms. The van der Waals surface area contributed by atoms with E-state index in [-0.39, 0.29) is 46.9 Å². The molecule has 9 heteroatoms. The second kappa shape index (κ2) is 7.19. The molecular formula is C22H19N3O6. The Labute approximate surface area is 177 Å². The largest absolute Gasteiger partial charge is 0.452 e. The van der Waals surface area contributed by atoms with Crippen molar-refractivity contribution in [3.8, 4) is 0 Å². The number of carbonyl (C=O) groups is 4. The van der Waals surface area contributed by atoms with Gasteiger partial charge in [-0.05, 0) is 49.4 Å². The number of esters is 1. The Morgan fingerprint density at radius 1 is 1.13 bits per heavy atom. The number of nitrogens with zero attached hydrogens (tertiary/aromatic N) is 2. The molecule has 2 aromatic rings. The molecule has 2 bridgehead atoms. The molecule has 2 fully saturated rings. The van der Waals surface area contributed by atoms with E-state index in [4.69, 9.17) is 9.26 Å². The van der Waals surface area contributed by atoms with E-state index in [0.717, 1.165) is 6.42 Å². The zero-order valence-electron chi connectivity index (χ0n) is 16.6. The van der Waals surface area contributed by atoms with Gasteiger partial charge < -0.3 is 14.6 Å². The van der Waals surface area contributed by atoms with Gasteiger partial charge in [-0.3, -0.25) is 19.3 Å². The van der Waals surface area contributed by atoms with Gasteiger partial charge in [0.2, 0.25) is 11.8 Å². The first-order valence-electron chi connectivity index (χ1n) is 9.99. The van der Waals surface area contributed by atoms with Gasteiger partial charge in [-0.25, -0.2) is 4.79 Å². The van der Waals surface area contributed by atoms with Gasteiger partial charge in [0.15, 0.2) is 12.4 Å². The lowest BCUT2D eigenvalue weighted by Gasteiger charge is -2.17. The number of carbonyl (C=O) groups excluding carboxylic acids is 4. The van der Waals surface area contributed by atoms with Crippen molar-refractivity contribution in [2.75, 3.05) is 16.8 Å². The topological polar surface area (TPSA) is 119 Å². The van der Waals surface area contributed by atoms with Crippen molar-refractivity contribution in [1.82, 2.24) is 5.16 Å². The Hall–Kier alpha value is -3.75. The number of fused-ring (bicyclic) bond motifs is 5. The highest BCUT2D eigenvalue weighted by atomic mass is 16.5. The SMILES string of the molecule is Cc1cc(NC(=O)COC(=O)c2ccc(N3C(=O)[C@@H]4[C@@H](C3=O)[C@H]3C=C[C@@H]4C3)cc2)no1. The van der Waals surface area contributed by atoms with Crippen LogP contribution in [0.25, 0.3) is 0 Å². The van der Waals surface area contributed by atoms with Gasteiger partial charge in [0.05, 0.1) is 23.1 Å². The normalized spacial score (nSPS) is 25.8. The molecule has 1 saturated heterocycles. The molecule has 2 heterocycles. The van der Waals surface area contributed by atoms with Crippen molar-refractivity contribution < 1.29 is 28.4 Å². The van der Waals surface area contributed by atoms with E-state index in [1.165, 1.54) is 23.1 Å². The molecule has 1 N–H and O–H groups in total. The van der Waals surface area contributed by atoms with Crippen LogP contribution < -0.4 is 10.2 Å². The maximum absolute atomic E-state index is 12.9. The van der Waals surface area contributed by atoms with Crippen LogP contribution in [0, 0.1) is 30.6 Å². The minimum Gasteiger partial charge on any atom is -0.452 e. The van der Waals surface area contributed by atoms with Crippen molar-refractivity contribution >= 4 is 35.2 Å². The Morgan fingerprint density at radius 3 is 2.35 bits per heavy atom. The lowest BCUT2D eigenvalue weighted by Crippen LogP contribution is -2.32. The molecule has 3 aliphatic rings. The first-order valence-corrected chi connectivity index (χ1v) is 9.99. The zero-order chi connectivity index (χ0) is 21.7. The summed E-state index contributed by atoms with van der Waals surface area (Å²) in [4.78, 5) is 51.0. The van der Waals surface area contributed by atoms with Crippen LogP contribution >= 0.6 is 0 Å². The number of ether oxygens (including phenoxy) is 1. The second-order valence-corrected chi connectivity index (χ2v) is 8.01. The van der Waals surface area contributed by atoms with E-state index in [2.05, 4.69) is 10.5 Å². The number of aryl methyl sites for hydroxylation is 1. The van der Waals surface area contributed by atoms with Crippen LogP contribution in [-0.2, 0) is 19.1 Å². The predicted octanol–water partition coefficient (Wildman–Crippen LogP) is 2.09. The number of anilines is 2. The van der Waals surface area contributed by atoms with Crippen LogP contribution in [0.5, 0.6) is 0 Å². The van der Waals surface area contributed by atoms with E-state index in [1.54, 1.807) is 19.1 Å². The number of hydrogen-bond acceptors (Lipinski definition) is 7. The summed E-state index contributed by atoms with van der Waals surface area (Å²) in [6.45, 7) is 1.19. The molecule has 1 saturated carbocycles. The van der Waals surface area contributed by atoms with Crippen LogP contribution in [0.3, 0.4) is 0 Å². The Morgan fingerprint density at radius 2 is 1.77 bits per heavy atom. The molecule has 0 unspecified atom stereocenters. The zero-order valence-corrected chi connectivity index (χ0v) is 16.6. The van der Waals surface area contributed by atoms with E-state index < -0.39 is 18.5 Å². The number of nitrogens with one attached hydrogen (secondary N) is 1. The molecule has 0 radical (unpaired) electrons. The standard InChI is InChI=1S/C22H19N3O6/c1-11-8-16(24-31-11)23-17(26)10-30-22(29)12-4-6-15(7-5-12)25-20(27)18-13-2-3-14(9-13)19(18)21(25)28/h2-8,13-14,18-19H,9-10H2,1H3,(H,23,24,26)/t13-,14+,18-,19-/m0/s1. The van der Waals surface area contributed by atoms with Crippen LogP contribution in [0.2, 0.25) is 0 Å². The Balaban J connectivity index is 1.21. The smallest absolute Gasteiger partial charge is 0.338 e. The lowest BCUT2D eigenvalue weighted by atomic mass is 9.85. The first-order chi connectivity index (χ1) is 14.9. The summed E-state index contributed by atoms with van der Waals surface area (Å²) in [5, 5.41) is 6.07. The highest BCUT2D eigenvalue weighted by Crippen LogP contribution is 2.53. The number of imide groups is 1. The van der Waals surface area contributed by atoms with Gasteiger partial charge >= 0.3 is 5.97 Å². The number of rotatable bonds is 5. The summed E-state index contributed by atoms with van der Waals surface area (Å²) in [7, 11) is 0. The second-order valence-electron chi connectivity index (χ2n) is 8.01. The minimum absolute atomic E-state index is 0.137. The van der Waals surface area contributed by atoms with Crippen LogP contribution in [0.1, 0.15) is 22.5 Å². The van der Waals surface area contributed by atoms with E-state index in [1.807, 2.05) is 12.2 Å². The van der Waals surface area contributed by atoms with Crippen molar-refractivity contribution in [3.05, 3.63) is 53.8 Å². The fraction of sp³-hybridized carbons (Fsp3) is 0.318. The van der Waals surface area contributed by atoms with Gasteiger partial charge in [0.1, 0.15) is 5.76 Å². The predicted molar refractivity (Wildman–Crippen MR) is 107 cm³/mol. The number of aromatic nitrogens is 1. The third kappa shape index (κ3) is 3.22. The molecule has 3 amide bonds. The fourth-order valence-electron chi connectivity index (χ4n) is 4.72. The van der Waals surface area contributed by atoms with E-state index >= 15 is 0 Å². The fourth-order valence-corrected chi connectivity index (χ4v) is 4.72. The number of amides is 3. The van der Waals surface area contributed by atoms with Crippen molar-refractivity contribution in [3.63, 3.8) is 0 Å². The highest BCUT2D eigenvalue weighted by molar-refractivity contribution is 6.22. The van der Waals surface area contributed by atoms with E-state index in [9.17, 15) is 19.2 Å². The molecule has 1 aliphatic heterocycles. The van der Waals surface area contributed by atoms with Gasteiger partial charge in [0.25, 0.3) is 5.91 Å². The van der Waals surface area contributed by atoms with Gasteiger partial charge in [0, 0.05) is 6.07 Å². The molecule has 9 nitrogen and oxygen atoms in total. The summed E-state index contributed by atoms with van der Waals surface area (Å²) in [5.41, 5.74) is 0.634. The van der Waals surface area contributed by atoms with Crippen molar-refractivity contribution in [2.45, 2.75) is 13.3 Å². The minimum atomic E-state index is -0.698. The monoisotopic (exact) mass is 421 g/mol.